The van der Waals surface area contributed by atoms with Crippen molar-refractivity contribution in [1.29, 1.82) is 0 Å². The van der Waals surface area contributed by atoms with Crippen molar-refractivity contribution in [1.82, 2.24) is 4.90 Å². The lowest BCUT2D eigenvalue weighted by atomic mass is 10.0. The molecular formula is C16H24FNO2. The molecule has 0 spiro atoms. The Hall–Kier alpha value is -1.13. The van der Waals surface area contributed by atoms with E-state index >= 15 is 0 Å². The molecule has 3 nitrogen and oxygen atoms in total. The predicted octanol–water partition coefficient (Wildman–Crippen LogP) is 3.40. The summed E-state index contributed by atoms with van der Waals surface area (Å²) in [5.41, 5.74) is 1.02. The average Bonchev–Trinajstić information content (AvgIpc) is 2.87. The molecule has 4 heteroatoms. The zero-order valence-corrected chi connectivity index (χ0v) is 12.6. The van der Waals surface area contributed by atoms with E-state index in [2.05, 4.69) is 18.7 Å². The van der Waals surface area contributed by atoms with Gasteiger partial charge in [0, 0.05) is 25.3 Å². The molecule has 0 aromatic heterocycles. The molecule has 1 fully saturated rings. The lowest BCUT2D eigenvalue weighted by molar-refractivity contribution is 0.146. The van der Waals surface area contributed by atoms with Crippen molar-refractivity contribution in [2.75, 3.05) is 26.9 Å². The molecular weight excluding hydrogens is 257 g/mol. The number of hydrogen-bond donors (Lipinski definition) is 0. The molecule has 1 aliphatic heterocycles. The summed E-state index contributed by atoms with van der Waals surface area (Å²) in [6.07, 6.45) is 2.25. The van der Waals surface area contributed by atoms with E-state index in [-0.39, 0.29) is 5.82 Å². The Morgan fingerprint density at radius 1 is 1.30 bits per heavy atom. The van der Waals surface area contributed by atoms with Crippen LogP contribution in [0.4, 0.5) is 4.39 Å². The van der Waals surface area contributed by atoms with Gasteiger partial charge in [0.15, 0.2) is 0 Å². The SMILES string of the molecule is COCCOc1cc(F)cc(C2CCCN2C(C)C)c1. The van der Waals surface area contributed by atoms with Crippen molar-refractivity contribution in [2.24, 2.45) is 0 Å². The number of hydrogen-bond acceptors (Lipinski definition) is 3. The molecule has 1 atom stereocenters. The number of ether oxygens (including phenoxy) is 2. The molecule has 0 aliphatic carbocycles. The van der Waals surface area contributed by atoms with Crippen molar-refractivity contribution < 1.29 is 13.9 Å². The minimum absolute atomic E-state index is 0.231. The summed E-state index contributed by atoms with van der Waals surface area (Å²) < 4.78 is 24.3. The third-order valence-corrected chi connectivity index (χ3v) is 3.79. The van der Waals surface area contributed by atoms with Crippen LogP contribution in [0, 0.1) is 5.82 Å². The molecule has 1 heterocycles. The molecule has 0 bridgehead atoms. The summed E-state index contributed by atoms with van der Waals surface area (Å²) in [6, 6.07) is 5.81. The van der Waals surface area contributed by atoms with Crippen LogP contribution in [0.25, 0.3) is 0 Å². The molecule has 0 N–H and O–H groups in total. The first-order valence-corrected chi connectivity index (χ1v) is 7.30. The van der Waals surface area contributed by atoms with Crippen molar-refractivity contribution >= 4 is 0 Å². The summed E-state index contributed by atoms with van der Waals surface area (Å²) in [5, 5.41) is 0. The van der Waals surface area contributed by atoms with Gasteiger partial charge in [0.05, 0.1) is 6.61 Å². The second kappa shape index (κ2) is 7.04. The number of rotatable bonds is 6. The Kier molecular flexibility index (Phi) is 5.38. The molecule has 0 amide bonds. The number of nitrogens with zero attached hydrogens (tertiary/aromatic N) is 1. The molecule has 20 heavy (non-hydrogen) atoms. The second-order valence-corrected chi connectivity index (χ2v) is 5.55. The topological polar surface area (TPSA) is 21.7 Å². The van der Waals surface area contributed by atoms with E-state index in [1.165, 1.54) is 12.5 Å². The van der Waals surface area contributed by atoms with Crippen LogP contribution in [0.5, 0.6) is 5.75 Å². The fourth-order valence-electron chi connectivity index (χ4n) is 2.87. The predicted molar refractivity (Wildman–Crippen MR) is 77.6 cm³/mol. The highest BCUT2D eigenvalue weighted by atomic mass is 19.1. The van der Waals surface area contributed by atoms with Crippen LogP contribution in [0.3, 0.4) is 0 Å². The van der Waals surface area contributed by atoms with Crippen molar-refractivity contribution in [3.63, 3.8) is 0 Å². The number of likely N-dealkylation sites (tertiary alicyclic amines) is 1. The minimum atomic E-state index is -0.231. The summed E-state index contributed by atoms with van der Waals surface area (Å²) in [6.45, 7) is 6.41. The molecule has 0 radical (unpaired) electrons. The number of halogens is 1. The largest absolute Gasteiger partial charge is 0.491 e. The Morgan fingerprint density at radius 2 is 2.10 bits per heavy atom. The van der Waals surface area contributed by atoms with Crippen LogP contribution in [0.1, 0.15) is 38.3 Å². The zero-order valence-electron chi connectivity index (χ0n) is 12.6. The Labute approximate surface area is 120 Å². The van der Waals surface area contributed by atoms with Gasteiger partial charge in [0.2, 0.25) is 0 Å². The number of benzene rings is 1. The van der Waals surface area contributed by atoms with E-state index in [9.17, 15) is 4.39 Å². The molecule has 0 saturated carbocycles. The smallest absolute Gasteiger partial charge is 0.127 e. The van der Waals surface area contributed by atoms with Crippen LogP contribution < -0.4 is 4.74 Å². The van der Waals surface area contributed by atoms with Crippen LogP contribution in [0.2, 0.25) is 0 Å². The highest BCUT2D eigenvalue weighted by molar-refractivity contribution is 5.32. The van der Waals surface area contributed by atoms with E-state index in [0.29, 0.717) is 31.0 Å². The van der Waals surface area contributed by atoms with Gasteiger partial charge in [-0.25, -0.2) is 4.39 Å². The van der Waals surface area contributed by atoms with Crippen LogP contribution in [0.15, 0.2) is 18.2 Å². The lowest BCUT2D eigenvalue weighted by Crippen LogP contribution is -2.30. The van der Waals surface area contributed by atoms with Gasteiger partial charge in [-0.3, -0.25) is 4.90 Å². The van der Waals surface area contributed by atoms with Gasteiger partial charge in [-0.2, -0.15) is 0 Å². The fourth-order valence-corrected chi connectivity index (χ4v) is 2.87. The van der Waals surface area contributed by atoms with E-state index < -0.39 is 0 Å². The van der Waals surface area contributed by atoms with Crippen molar-refractivity contribution in [2.45, 2.75) is 38.8 Å². The van der Waals surface area contributed by atoms with Gasteiger partial charge in [0.25, 0.3) is 0 Å². The van der Waals surface area contributed by atoms with Crippen molar-refractivity contribution in [3.05, 3.63) is 29.6 Å². The third kappa shape index (κ3) is 3.70. The van der Waals surface area contributed by atoms with Gasteiger partial charge in [-0.15, -0.1) is 0 Å². The third-order valence-electron chi connectivity index (χ3n) is 3.79. The standard InChI is InChI=1S/C16H24FNO2/c1-12(2)18-6-4-5-16(18)13-9-14(17)11-15(10-13)20-8-7-19-3/h9-12,16H,4-8H2,1-3H3. The van der Waals surface area contributed by atoms with Gasteiger partial charge >= 0.3 is 0 Å². The van der Waals surface area contributed by atoms with Gasteiger partial charge in [-0.1, -0.05) is 0 Å². The van der Waals surface area contributed by atoms with Crippen LogP contribution in [-0.2, 0) is 4.74 Å². The Balaban J connectivity index is 2.14. The molecule has 1 unspecified atom stereocenters. The average molecular weight is 281 g/mol. The van der Waals surface area contributed by atoms with Crippen LogP contribution >= 0.6 is 0 Å². The summed E-state index contributed by atoms with van der Waals surface area (Å²) >= 11 is 0. The molecule has 2 rings (SSSR count). The Bertz CT molecular complexity index is 436. The molecule has 1 aliphatic rings. The molecule has 112 valence electrons. The summed E-state index contributed by atoms with van der Waals surface area (Å²) in [5.74, 6) is 0.359. The summed E-state index contributed by atoms with van der Waals surface area (Å²) in [4.78, 5) is 2.42. The normalized spacial score (nSPS) is 19.8. The highest BCUT2D eigenvalue weighted by Gasteiger charge is 2.28. The van der Waals surface area contributed by atoms with Gasteiger partial charge < -0.3 is 9.47 Å². The monoisotopic (exact) mass is 281 g/mol. The van der Waals surface area contributed by atoms with E-state index in [1.807, 2.05) is 6.07 Å². The molecule has 1 aromatic rings. The first-order valence-electron chi connectivity index (χ1n) is 7.30. The summed E-state index contributed by atoms with van der Waals surface area (Å²) in [7, 11) is 1.62. The minimum Gasteiger partial charge on any atom is -0.491 e. The second-order valence-electron chi connectivity index (χ2n) is 5.55. The quantitative estimate of drug-likeness (QED) is 0.746. The maximum absolute atomic E-state index is 13.8. The van der Waals surface area contributed by atoms with Crippen LogP contribution in [-0.4, -0.2) is 37.8 Å². The number of methoxy groups -OCH3 is 1. The zero-order chi connectivity index (χ0) is 14.5. The van der Waals surface area contributed by atoms with Gasteiger partial charge in [0.1, 0.15) is 18.2 Å². The van der Waals surface area contributed by atoms with E-state index in [4.69, 9.17) is 9.47 Å². The maximum Gasteiger partial charge on any atom is 0.127 e. The van der Waals surface area contributed by atoms with E-state index in [1.54, 1.807) is 13.2 Å². The van der Waals surface area contributed by atoms with Crippen molar-refractivity contribution in [3.8, 4) is 5.75 Å². The Morgan fingerprint density at radius 3 is 2.80 bits per heavy atom. The first-order chi connectivity index (χ1) is 9.61. The highest BCUT2D eigenvalue weighted by Crippen LogP contribution is 2.35. The lowest BCUT2D eigenvalue weighted by Gasteiger charge is -2.28. The fraction of sp³-hybridized carbons (Fsp3) is 0.625. The van der Waals surface area contributed by atoms with E-state index in [0.717, 1.165) is 18.5 Å². The first kappa shape index (κ1) is 15.3. The molecule has 1 aromatic carbocycles. The maximum atomic E-state index is 13.8. The molecule has 1 saturated heterocycles. The van der Waals surface area contributed by atoms with Gasteiger partial charge in [-0.05, 0) is 50.9 Å².